The maximum atomic E-state index is 11.8. The molecule has 0 atom stereocenters. The molecule has 1 aromatic carbocycles. The molecule has 0 radical (unpaired) electrons. The minimum Gasteiger partial charge on any atom is -0.480 e. The number of imide groups is 1. The van der Waals surface area contributed by atoms with Crippen LogP contribution in [0.5, 0.6) is 0 Å². The van der Waals surface area contributed by atoms with Gasteiger partial charge in [-0.05, 0) is 11.6 Å². The normalized spacial score (nSPS) is 14.9. The van der Waals surface area contributed by atoms with Gasteiger partial charge in [-0.3, -0.25) is 19.3 Å². The Hall–Kier alpha value is -2.17. The van der Waals surface area contributed by atoms with E-state index in [9.17, 15) is 14.4 Å². The number of hydrogen-bond acceptors (Lipinski definition) is 3. The summed E-state index contributed by atoms with van der Waals surface area (Å²) in [4.78, 5) is 34.6. The van der Waals surface area contributed by atoms with Crippen LogP contribution < -0.4 is 0 Å². The minimum absolute atomic E-state index is 0.0786. The van der Waals surface area contributed by atoms with Gasteiger partial charge >= 0.3 is 5.97 Å². The molecule has 1 aliphatic heterocycles. The molecular weight excluding hydrogens is 210 g/mol. The van der Waals surface area contributed by atoms with Crippen molar-refractivity contribution in [2.45, 2.75) is 6.42 Å². The number of aliphatic carboxylic acids is 1. The van der Waals surface area contributed by atoms with Crippen molar-refractivity contribution in [3.05, 3.63) is 35.4 Å². The lowest BCUT2D eigenvalue weighted by atomic mass is 9.99. The van der Waals surface area contributed by atoms with Crippen LogP contribution in [0.15, 0.2) is 24.3 Å². The van der Waals surface area contributed by atoms with Crippen LogP contribution in [-0.2, 0) is 16.0 Å². The summed E-state index contributed by atoms with van der Waals surface area (Å²) in [6, 6.07) is 6.72. The van der Waals surface area contributed by atoms with E-state index < -0.39 is 24.3 Å². The van der Waals surface area contributed by atoms with E-state index in [1.165, 1.54) is 0 Å². The van der Waals surface area contributed by atoms with Crippen LogP contribution in [0.25, 0.3) is 0 Å². The summed E-state index contributed by atoms with van der Waals surface area (Å²) < 4.78 is 0. The molecule has 16 heavy (non-hydrogen) atoms. The van der Waals surface area contributed by atoms with Gasteiger partial charge in [-0.2, -0.15) is 0 Å². The molecule has 0 saturated carbocycles. The molecule has 1 N–H and O–H groups in total. The molecule has 5 heteroatoms. The highest BCUT2D eigenvalue weighted by atomic mass is 16.4. The number of rotatable bonds is 2. The highest BCUT2D eigenvalue weighted by Crippen LogP contribution is 2.19. The maximum absolute atomic E-state index is 11.8. The van der Waals surface area contributed by atoms with Crippen molar-refractivity contribution in [2.24, 2.45) is 0 Å². The lowest BCUT2D eigenvalue weighted by Crippen LogP contribution is -2.44. The highest BCUT2D eigenvalue weighted by Gasteiger charge is 2.31. The van der Waals surface area contributed by atoms with Gasteiger partial charge < -0.3 is 5.11 Å². The Labute approximate surface area is 91.3 Å². The van der Waals surface area contributed by atoms with Gasteiger partial charge in [0, 0.05) is 5.56 Å². The minimum atomic E-state index is -1.19. The number of amides is 2. The number of benzene rings is 1. The average Bonchev–Trinajstić information content (AvgIpc) is 2.24. The van der Waals surface area contributed by atoms with Gasteiger partial charge in [-0.25, -0.2) is 0 Å². The van der Waals surface area contributed by atoms with Gasteiger partial charge in [0.05, 0.1) is 6.42 Å². The van der Waals surface area contributed by atoms with Gasteiger partial charge in [-0.1, -0.05) is 18.2 Å². The van der Waals surface area contributed by atoms with Crippen molar-refractivity contribution >= 4 is 17.8 Å². The Balaban J connectivity index is 2.38. The first-order valence-corrected chi connectivity index (χ1v) is 4.74. The number of nitrogens with zero attached hydrogens (tertiary/aromatic N) is 1. The molecule has 0 bridgehead atoms. The molecule has 0 aromatic heterocycles. The first kappa shape index (κ1) is 10.4. The van der Waals surface area contributed by atoms with Crippen molar-refractivity contribution in [3.8, 4) is 0 Å². The summed E-state index contributed by atoms with van der Waals surface area (Å²) in [5, 5.41) is 8.60. The van der Waals surface area contributed by atoms with Crippen molar-refractivity contribution in [2.75, 3.05) is 6.54 Å². The number of carboxylic acids is 1. The third-order valence-corrected chi connectivity index (χ3v) is 2.43. The molecule has 0 aliphatic carbocycles. The quantitative estimate of drug-likeness (QED) is 0.726. The van der Waals surface area contributed by atoms with Crippen molar-refractivity contribution in [1.29, 1.82) is 0 Å². The Morgan fingerprint density at radius 2 is 2.00 bits per heavy atom. The Morgan fingerprint density at radius 1 is 1.31 bits per heavy atom. The molecule has 0 fully saturated rings. The largest absolute Gasteiger partial charge is 0.480 e. The predicted molar refractivity (Wildman–Crippen MR) is 53.8 cm³/mol. The Kier molecular flexibility index (Phi) is 2.44. The molecule has 2 amide bonds. The highest BCUT2D eigenvalue weighted by molar-refractivity contribution is 6.10. The van der Waals surface area contributed by atoms with Crippen molar-refractivity contribution < 1.29 is 19.5 Å². The van der Waals surface area contributed by atoms with Crippen LogP contribution in [0.3, 0.4) is 0 Å². The summed E-state index contributed by atoms with van der Waals surface area (Å²) in [5.41, 5.74) is 1.06. The second kappa shape index (κ2) is 3.77. The fourth-order valence-electron chi connectivity index (χ4n) is 1.70. The number of carboxylic acid groups (broad SMARTS) is 1. The van der Waals surface area contributed by atoms with Crippen LogP contribution >= 0.6 is 0 Å². The summed E-state index contributed by atoms with van der Waals surface area (Å²) in [6.45, 7) is -0.577. The number of hydrogen-bond donors (Lipinski definition) is 1. The monoisotopic (exact) mass is 219 g/mol. The topological polar surface area (TPSA) is 74.7 Å². The summed E-state index contributed by atoms with van der Waals surface area (Å²) in [7, 11) is 0. The zero-order chi connectivity index (χ0) is 11.7. The summed E-state index contributed by atoms with van der Waals surface area (Å²) in [5.74, 6) is -2.19. The first-order valence-electron chi connectivity index (χ1n) is 4.74. The zero-order valence-electron chi connectivity index (χ0n) is 8.34. The van der Waals surface area contributed by atoms with Gasteiger partial charge in [0.15, 0.2) is 0 Å². The number of carbonyl (C=O) groups excluding carboxylic acids is 2. The van der Waals surface area contributed by atoms with Crippen LogP contribution in [0, 0.1) is 0 Å². The van der Waals surface area contributed by atoms with Gasteiger partial charge in [0.25, 0.3) is 5.91 Å². The fourth-order valence-corrected chi connectivity index (χ4v) is 1.70. The lowest BCUT2D eigenvalue weighted by Gasteiger charge is -2.25. The van der Waals surface area contributed by atoms with E-state index in [4.69, 9.17) is 5.11 Å². The summed E-state index contributed by atoms with van der Waals surface area (Å²) in [6.07, 6.45) is 0.0786. The number of carbonyl (C=O) groups is 3. The van der Waals surface area contributed by atoms with Crippen LogP contribution in [-0.4, -0.2) is 34.3 Å². The average molecular weight is 219 g/mol. The fraction of sp³-hybridized carbons (Fsp3) is 0.182. The Morgan fingerprint density at radius 3 is 2.69 bits per heavy atom. The maximum Gasteiger partial charge on any atom is 0.323 e. The Bertz CT molecular complexity index is 481. The van der Waals surface area contributed by atoms with Gasteiger partial charge in [0.1, 0.15) is 6.54 Å². The van der Waals surface area contributed by atoms with Crippen LogP contribution in [0.1, 0.15) is 15.9 Å². The van der Waals surface area contributed by atoms with E-state index in [1.807, 2.05) is 0 Å². The van der Waals surface area contributed by atoms with Crippen molar-refractivity contribution in [3.63, 3.8) is 0 Å². The molecule has 0 spiro atoms. The molecule has 2 rings (SSSR count). The second-order valence-electron chi connectivity index (χ2n) is 3.51. The third-order valence-electron chi connectivity index (χ3n) is 2.43. The van der Waals surface area contributed by atoms with E-state index in [0.29, 0.717) is 11.1 Å². The molecule has 1 aliphatic rings. The molecule has 5 nitrogen and oxygen atoms in total. The molecule has 1 aromatic rings. The van der Waals surface area contributed by atoms with Crippen molar-refractivity contribution in [1.82, 2.24) is 4.90 Å². The van der Waals surface area contributed by atoms with Crippen LogP contribution in [0.4, 0.5) is 0 Å². The molecule has 82 valence electrons. The summed E-state index contributed by atoms with van der Waals surface area (Å²) >= 11 is 0. The SMILES string of the molecule is O=C(O)CN1C(=O)Cc2ccccc2C1=O. The predicted octanol–water partition coefficient (Wildman–Crippen LogP) is 0.296. The van der Waals surface area contributed by atoms with E-state index in [0.717, 1.165) is 4.90 Å². The van der Waals surface area contributed by atoms with E-state index >= 15 is 0 Å². The molecule has 0 unspecified atom stereocenters. The van der Waals surface area contributed by atoms with Gasteiger partial charge in [-0.15, -0.1) is 0 Å². The molecular formula is C11H9NO4. The van der Waals surface area contributed by atoms with E-state index in [2.05, 4.69) is 0 Å². The second-order valence-corrected chi connectivity index (χ2v) is 3.51. The smallest absolute Gasteiger partial charge is 0.323 e. The first-order chi connectivity index (χ1) is 7.59. The third kappa shape index (κ3) is 1.67. The van der Waals surface area contributed by atoms with Crippen LogP contribution in [0.2, 0.25) is 0 Å². The molecule has 0 saturated heterocycles. The lowest BCUT2D eigenvalue weighted by molar-refractivity contribution is -0.142. The molecule has 1 heterocycles. The van der Waals surface area contributed by atoms with E-state index in [-0.39, 0.29) is 6.42 Å². The zero-order valence-corrected chi connectivity index (χ0v) is 8.34. The number of fused-ring (bicyclic) bond motifs is 1. The van der Waals surface area contributed by atoms with E-state index in [1.54, 1.807) is 24.3 Å². The van der Waals surface area contributed by atoms with Gasteiger partial charge in [0.2, 0.25) is 5.91 Å². The standard InChI is InChI=1S/C11H9NO4/c13-9-5-7-3-1-2-4-8(7)11(16)12(9)6-10(14)15/h1-4H,5-6H2,(H,14,15).